The summed E-state index contributed by atoms with van der Waals surface area (Å²) in [6.45, 7) is 4.50. The first-order chi connectivity index (χ1) is 12.0. The summed E-state index contributed by atoms with van der Waals surface area (Å²) in [6, 6.07) is 4.27. The van der Waals surface area contributed by atoms with E-state index < -0.39 is 24.3 Å². The fourth-order valence-electron chi connectivity index (χ4n) is 3.04. The Hall–Kier alpha value is -2.29. The third-order valence-electron chi connectivity index (χ3n) is 4.32. The highest BCUT2D eigenvalue weighted by atomic mass is 19.4. The van der Waals surface area contributed by atoms with Gasteiger partial charge in [-0.25, -0.2) is 0 Å². The topological polar surface area (TPSA) is 78.9 Å². The number of rotatable bonds is 5. The predicted molar refractivity (Wildman–Crippen MR) is 87.7 cm³/mol. The zero-order valence-electron chi connectivity index (χ0n) is 14.4. The van der Waals surface area contributed by atoms with Crippen molar-refractivity contribution < 1.29 is 32.6 Å². The van der Waals surface area contributed by atoms with Crippen molar-refractivity contribution in [2.45, 2.75) is 32.7 Å². The average molecular weight is 374 g/mol. The van der Waals surface area contributed by atoms with Crippen LogP contribution in [-0.2, 0) is 9.59 Å². The molecule has 26 heavy (non-hydrogen) atoms. The number of anilines is 1. The third-order valence-corrected chi connectivity index (χ3v) is 4.32. The summed E-state index contributed by atoms with van der Waals surface area (Å²) >= 11 is 0. The fraction of sp³-hybridized carbons (Fsp3) is 0.529. The zero-order chi connectivity index (χ0) is 19.5. The van der Waals surface area contributed by atoms with Crippen molar-refractivity contribution in [1.29, 1.82) is 0 Å². The zero-order valence-corrected chi connectivity index (χ0v) is 14.4. The molecule has 1 aliphatic heterocycles. The molecule has 1 fully saturated rings. The van der Waals surface area contributed by atoms with Gasteiger partial charge in [0.05, 0.1) is 12.0 Å². The molecule has 1 aromatic carbocycles. The normalized spacial score (nSPS) is 22.5. The molecule has 2 N–H and O–H groups in total. The van der Waals surface area contributed by atoms with E-state index in [1.807, 2.05) is 11.8 Å². The number of carboxylic acid groups (broad SMARTS) is 1. The molecule has 3 unspecified atom stereocenters. The second-order valence-corrected chi connectivity index (χ2v) is 6.57. The molecule has 6 nitrogen and oxygen atoms in total. The average Bonchev–Trinajstić information content (AvgIpc) is 2.54. The maximum absolute atomic E-state index is 12.4. The van der Waals surface area contributed by atoms with Gasteiger partial charge in [0.2, 0.25) is 5.91 Å². The van der Waals surface area contributed by atoms with Gasteiger partial charge in [0.25, 0.3) is 0 Å². The van der Waals surface area contributed by atoms with E-state index in [9.17, 15) is 27.9 Å². The van der Waals surface area contributed by atoms with Gasteiger partial charge >= 0.3 is 12.3 Å². The van der Waals surface area contributed by atoms with Gasteiger partial charge in [-0.2, -0.15) is 0 Å². The van der Waals surface area contributed by atoms with Crippen LogP contribution in [0.1, 0.15) is 20.3 Å². The molecular formula is C17H21F3N2O4. The van der Waals surface area contributed by atoms with Gasteiger partial charge in [-0.05, 0) is 43.5 Å². The molecule has 1 saturated heterocycles. The summed E-state index contributed by atoms with van der Waals surface area (Å²) in [6.07, 6.45) is -4.20. The number of alkyl halides is 3. The number of nitrogens with one attached hydrogen (secondary N) is 1. The van der Waals surface area contributed by atoms with Crippen molar-refractivity contribution in [3.63, 3.8) is 0 Å². The second kappa shape index (κ2) is 7.94. The second-order valence-electron chi connectivity index (χ2n) is 6.57. The maximum Gasteiger partial charge on any atom is 0.573 e. The van der Waals surface area contributed by atoms with E-state index in [2.05, 4.69) is 10.1 Å². The Labute approximate surface area is 148 Å². The summed E-state index contributed by atoms with van der Waals surface area (Å²) in [5, 5.41) is 11.8. The van der Waals surface area contributed by atoms with E-state index in [4.69, 9.17) is 0 Å². The Morgan fingerprint density at radius 1 is 1.27 bits per heavy atom. The molecule has 0 aromatic heterocycles. The predicted octanol–water partition coefficient (Wildman–Crippen LogP) is 2.95. The standard InChI is InChI=1S/C17H21F3N2O4/c1-10-7-12(16(24)25)9-22(8-10)11(2)15(23)21-13-3-5-14(6-4-13)26-17(18,19)20/h3-6,10-12H,7-9H2,1-2H3,(H,21,23)(H,24,25). The highest BCUT2D eigenvalue weighted by Crippen LogP contribution is 2.25. The first-order valence-corrected chi connectivity index (χ1v) is 8.18. The van der Waals surface area contributed by atoms with Crippen LogP contribution in [0.2, 0.25) is 0 Å². The largest absolute Gasteiger partial charge is 0.573 e. The number of benzene rings is 1. The van der Waals surface area contributed by atoms with Crippen LogP contribution in [0.4, 0.5) is 18.9 Å². The van der Waals surface area contributed by atoms with Gasteiger partial charge in [0.1, 0.15) is 5.75 Å². The number of likely N-dealkylation sites (tertiary alicyclic amines) is 1. The minimum absolute atomic E-state index is 0.152. The minimum atomic E-state index is -4.77. The van der Waals surface area contributed by atoms with E-state index in [0.717, 1.165) is 12.1 Å². The molecule has 144 valence electrons. The Kier molecular flexibility index (Phi) is 6.12. The molecule has 1 heterocycles. The summed E-state index contributed by atoms with van der Waals surface area (Å²) in [4.78, 5) is 25.4. The van der Waals surface area contributed by atoms with E-state index in [0.29, 0.717) is 18.7 Å². The first kappa shape index (κ1) is 20.0. The van der Waals surface area contributed by atoms with Crippen LogP contribution in [0, 0.1) is 11.8 Å². The quantitative estimate of drug-likeness (QED) is 0.829. The van der Waals surface area contributed by atoms with Gasteiger partial charge in [-0.15, -0.1) is 13.2 Å². The highest BCUT2D eigenvalue weighted by molar-refractivity contribution is 5.94. The first-order valence-electron chi connectivity index (χ1n) is 8.18. The number of carbonyl (C=O) groups excluding carboxylic acids is 1. The molecule has 0 bridgehead atoms. The molecule has 0 radical (unpaired) electrons. The molecule has 2 rings (SSSR count). The van der Waals surface area contributed by atoms with E-state index in [1.54, 1.807) is 6.92 Å². The summed E-state index contributed by atoms with van der Waals surface area (Å²) in [5.41, 5.74) is 0.330. The lowest BCUT2D eigenvalue weighted by Gasteiger charge is -2.37. The number of piperidine rings is 1. The Balaban J connectivity index is 1.97. The third kappa shape index (κ3) is 5.62. The number of nitrogens with zero attached hydrogens (tertiary/aromatic N) is 1. The lowest BCUT2D eigenvalue weighted by atomic mass is 9.89. The number of carboxylic acids is 1. The number of aliphatic carboxylic acids is 1. The number of hydrogen-bond donors (Lipinski definition) is 2. The number of amides is 1. The summed E-state index contributed by atoms with van der Waals surface area (Å²) < 4.78 is 40.2. The lowest BCUT2D eigenvalue weighted by molar-refractivity contribution is -0.274. The summed E-state index contributed by atoms with van der Waals surface area (Å²) in [5.74, 6) is -1.98. The SMILES string of the molecule is CC1CC(C(=O)O)CN(C(C)C(=O)Nc2ccc(OC(F)(F)F)cc2)C1. The van der Waals surface area contributed by atoms with Crippen LogP contribution in [-0.4, -0.2) is 47.4 Å². The van der Waals surface area contributed by atoms with Crippen LogP contribution in [0.3, 0.4) is 0 Å². The monoisotopic (exact) mass is 374 g/mol. The Morgan fingerprint density at radius 2 is 1.88 bits per heavy atom. The molecular weight excluding hydrogens is 353 g/mol. The number of carbonyl (C=O) groups is 2. The van der Waals surface area contributed by atoms with Gasteiger partial charge in [-0.1, -0.05) is 6.92 Å². The summed E-state index contributed by atoms with van der Waals surface area (Å²) in [7, 11) is 0. The fourth-order valence-corrected chi connectivity index (χ4v) is 3.04. The van der Waals surface area contributed by atoms with E-state index in [-0.39, 0.29) is 24.1 Å². The molecule has 0 spiro atoms. The molecule has 1 amide bonds. The van der Waals surface area contributed by atoms with E-state index in [1.165, 1.54) is 12.1 Å². The van der Waals surface area contributed by atoms with Gasteiger partial charge in [-0.3, -0.25) is 14.5 Å². The van der Waals surface area contributed by atoms with Crippen molar-refractivity contribution in [3.8, 4) is 5.75 Å². The van der Waals surface area contributed by atoms with Crippen molar-refractivity contribution >= 4 is 17.6 Å². The van der Waals surface area contributed by atoms with Crippen molar-refractivity contribution in [2.24, 2.45) is 11.8 Å². The number of ether oxygens (including phenoxy) is 1. The Morgan fingerprint density at radius 3 is 2.42 bits per heavy atom. The smallest absolute Gasteiger partial charge is 0.481 e. The lowest BCUT2D eigenvalue weighted by Crippen LogP contribution is -2.50. The van der Waals surface area contributed by atoms with Gasteiger partial charge < -0.3 is 15.2 Å². The maximum atomic E-state index is 12.4. The molecule has 9 heteroatoms. The van der Waals surface area contributed by atoms with Crippen LogP contribution < -0.4 is 10.1 Å². The molecule has 1 aliphatic rings. The van der Waals surface area contributed by atoms with Crippen LogP contribution in [0.5, 0.6) is 5.75 Å². The van der Waals surface area contributed by atoms with Crippen molar-refractivity contribution in [3.05, 3.63) is 24.3 Å². The van der Waals surface area contributed by atoms with Crippen LogP contribution >= 0.6 is 0 Å². The van der Waals surface area contributed by atoms with Crippen LogP contribution in [0.15, 0.2) is 24.3 Å². The van der Waals surface area contributed by atoms with Crippen molar-refractivity contribution in [1.82, 2.24) is 4.90 Å². The van der Waals surface area contributed by atoms with Gasteiger partial charge in [0, 0.05) is 18.8 Å². The molecule has 3 atom stereocenters. The van der Waals surface area contributed by atoms with Gasteiger partial charge in [0.15, 0.2) is 0 Å². The van der Waals surface area contributed by atoms with Crippen molar-refractivity contribution in [2.75, 3.05) is 18.4 Å². The molecule has 1 aromatic rings. The highest BCUT2D eigenvalue weighted by Gasteiger charge is 2.34. The minimum Gasteiger partial charge on any atom is -0.481 e. The Bertz CT molecular complexity index is 648. The van der Waals surface area contributed by atoms with E-state index >= 15 is 0 Å². The molecule has 0 saturated carbocycles. The number of halogens is 3. The molecule has 0 aliphatic carbocycles. The number of hydrogen-bond acceptors (Lipinski definition) is 4. The van der Waals surface area contributed by atoms with Crippen LogP contribution in [0.25, 0.3) is 0 Å².